The van der Waals surface area contributed by atoms with Gasteiger partial charge in [-0.1, -0.05) is 19.3 Å². The van der Waals surface area contributed by atoms with Crippen molar-refractivity contribution < 1.29 is 4.74 Å². The van der Waals surface area contributed by atoms with E-state index in [1.165, 1.54) is 32.1 Å². The van der Waals surface area contributed by atoms with E-state index in [9.17, 15) is 0 Å². The standard InChI is InChI=1S/C12H19N3OS/c1-16-8-11-14-10(13)7-12(15-11)17-9-5-3-2-4-6-9/h7,9H,2-6,8H2,1H3,(H2,13,14,15). The van der Waals surface area contributed by atoms with Gasteiger partial charge < -0.3 is 10.5 Å². The van der Waals surface area contributed by atoms with Crippen LogP contribution in [0.15, 0.2) is 11.1 Å². The molecule has 1 aliphatic rings. The average molecular weight is 253 g/mol. The van der Waals surface area contributed by atoms with Crippen LogP contribution in [-0.2, 0) is 11.3 Å². The van der Waals surface area contributed by atoms with Crippen LogP contribution < -0.4 is 5.73 Å². The minimum Gasteiger partial charge on any atom is -0.384 e. The summed E-state index contributed by atoms with van der Waals surface area (Å²) < 4.78 is 5.04. The first-order valence-electron chi connectivity index (χ1n) is 6.07. The van der Waals surface area contributed by atoms with E-state index in [-0.39, 0.29) is 0 Å². The highest BCUT2D eigenvalue weighted by Gasteiger charge is 2.16. The fourth-order valence-corrected chi connectivity index (χ4v) is 3.36. The number of hydrogen-bond acceptors (Lipinski definition) is 5. The SMILES string of the molecule is COCc1nc(N)cc(SC2CCCCC2)n1. The zero-order chi connectivity index (χ0) is 12.1. The zero-order valence-electron chi connectivity index (χ0n) is 10.2. The highest BCUT2D eigenvalue weighted by atomic mass is 32.2. The number of ether oxygens (including phenoxy) is 1. The molecule has 5 heteroatoms. The summed E-state index contributed by atoms with van der Waals surface area (Å²) in [5.74, 6) is 1.20. The maximum Gasteiger partial charge on any atom is 0.157 e. The van der Waals surface area contributed by atoms with Gasteiger partial charge in [0.25, 0.3) is 0 Å². The summed E-state index contributed by atoms with van der Waals surface area (Å²) in [5.41, 5.74) is 5.77. The van der Waals surface area contributed by atoms with Crippen LogP contribution in [-0.4, -0.2) is 22.3 Å². The topological polar surface area (TPSA) is 61.0 Å². The maximum absolute atomic E-state index is 5.77. The number of rotatable bonds is 4. The van der Waals surface area contributed by atoms with Crippen molar-refractivity contribution in [3.8, 4) is 0 Å². The van der Waals surface area contributed by atoms with Gasteiger partial charge in [0.1, 0.15) is 17.5 Å². The molecule has 0 atom stereocenters. The fourth-order valence-electron chi connectivity index (χ4n) is 2.10. The van der Waals surface area contributed by atoms with Crippen molar-refractivity contribution in [2.24, 2.45) is 0 Å². The molecule has 1 aromatic heterocycles. The van der Waals surface area contributed by atoms with Crippen LogP contribution in [0.5, 0.6) is 0 Å². The van der Waals surface area contributed by atoms with E-state index in [4.69, 9.17) is 10.5 Å². The van der Waals surface area contributed by atoms with Crippen LogP contribution in [0.1, 0.15) is 37.9 Å². The molecular formula is C12H19N3OS. The number of nitrogens with two attached hydrogens (primary N) is 1. The van der Waals surface area contributed by atoms with Crippen molar-refractivity contribution in [2.75, 3.05) is 12.8 Å². The van der Waals surface area contributed by atoms with Gasteiger partial charge in [0, 0.05) is 18.4 Å². The summed E-state index contributed by atoms with van der Waals surface area (Å²) in [5, 5.41) is 1.67. The second-order valence-electron chi connectivity index (χ2n) is 4.36. The number of thioether (sulfide) groups is 1. The summed E-state index contributed by atoms with van der Waals surface area (Å²) in [7, 11) is 1.64. The smallest absolute Gasteiger partial charge is 0.157 e. The Morgan fingerprint density at radius 3 is 2.82 bits per heavy atom. The third-order valence-corrected chi connectivity index (χ3v) is 4.14. The second kappa shape index (κ2) is 6.21. The quantitative estimate of drug-likeness (QED) is 0.836. The van der Waals surface area contributed by atoms with Gasteiger partial charge in [-0.3, -0.25) is 0 Å². The van der Waals surface area contributed by atoms with E-state index in [2.05, 4.69) is 9.97 Å². The number of methoxy groups -OCH3 is 1. The number of nitrogens with zero attached hydrogens (tertiary/aromatic N) is 2. The molecule has 2 N–H and O–H groups in total. The van der Waals surface area contributed by atoms with Gasteiger partial charge in [-0.25, -0.2) is 9.97 Å². The molecule has 0 spiro atoms. The molecule has 0 unspecified atom stereocenters. The molecule has 1 fully saturated rings. The molecule has 0 bridgehead atoms. The Kier molecular flexibility index (Phi) is 4.62. The Balaban J connectivity index is 2.03. The zero-order valence-corrected chi connectivity index (χ0v) is 11.0. The first kappa shape index (κ1) is 12.6. The molecule has 0 radical (unpaired) electrons. The normalized spacial score (nSPS) is 17.2. The molecule has 0 saturated heterocycles. The van der Waals surface area contributed by atoms with Gasteiger partial charge in [-0.2, -0.15) is 0 Å². The molecule has 17 heavy (non-hydrogen) atoms. The van der Waals surface area contributed by atoms with Crippen molar-refractivity contribution in [1.29, 1.82) is 0 Å². The monoisotopic (exact) mass is 253 g/mol. The first-order chi connectivity index (χ1) is 8.28. The van der Waals surface area contributed by atoms with Crippen molar-refractivity contribution in [1.82, 2.24) is 9.97 Å². The van der Waals surface area contributed by atoms with E-state index in [0.717, 1.165) is 5.03 Å². The molecule has 0 amide bonds. The summed E-state index contributed by atoms with van der Waals surface area (Å²) in [6.45, 7) is 0.420. The van der Waals surface area contributed by atoms with E-state index in [1.54, 1.807) is 7.11 Å². The van der Waals surface area contributed by atoms with Gasteiger partial charge in [-0.15, -0.1) is 11.8 Å². The predicted molar refractivity (Wildman–Crippen MR) is 69.9 cm³/mol. The molecule has 1 saturated carbocycles. The van der Waals surface area contributed by atoms with Crippen molar-refractivity contribution in [3.05, 3.63) is 11.9 Å². The van der Waals surface area contributed by atoms with Crippen molar-refractivity contribution >= 4 is 17.6 Å². The summed E-state index contributed by atoms with van der Waals surface area (Å²) in [4.78, 5) is 8.61. The predicted octanol–water partition coefficient (Wildman–Crippen LogP) is 2.63. The Bertz CT molecular complexity index is 367. The molecular weight excluding hydrogens is 234 g/mol. The molecule has 0 aromatic carbocycles. The third-order valence-electron chi connectivity index (χ3n) is 2.88. The van der Waals surface area contributed by atoms with Crippen LogP contribution in [0, 0.1) is 0 Å². The second-order valence-corrected chi connectivity index (χ2v) is 5.68. The number of hydrogen-bond donors (Lipinski definition) is 1. The Morgan fingerprint density at radius 1 is 1.35 bits per heavy atom. The van der Waals surface area contributed by atoms with Gasteiger partial charge >= 0.3 is 0 Å². The molecule has 1 aliphatic carbocycles. The number of aromatic nitrogens is 2. The molecule has 94 valence electrons. The molecule has 1 aromatic rings. The van der Waals surface area contributed by atoms with Crippen LogP contribution in [0.25, 0.3) is 0 Å². The van der Waals surface area contributed by atoms with Gasteiger partial charge in [-0.05, 0) is 12.8 Å². The largest absolute Gasteiger partial charge is 0.384 e. The Morgan fingerprint density at radius 2 is 2.12 bits per heavy atom. The maximum atomic E-state index is 5.77. The minimum atomic E-state index is 0.420. The fraction of sp³-hybridized carbons (Fsp3) is 0.667. The van der Waals surface area contributed by atoms with E-state index in [1.807, 2.05) is 17.8 Å². The molecule has 1 heterocycles. The summed E-state index contributed by atoms with van der Waals surface area (Å²) in [6, 6.07) is 1.86. The highest BCUT2D eigenvalue weighted by Crippen LogP contribution is 2.33. The van der Waals surface area contributed by atoms with Crippen LogP contribution in [0.4, 0.5) is 5.82 Å². The third kappa shape index (κ3) is 3.85. The van der Waals surface area contributed by atoms with Crippen molar-refractivity contribution in [2.45, 2.75) is 49.0 Å². The molecule has 2 rings (SSSR count). The minimum absolute atomic E-state index is 0.420. The van der Waals surface area contributed by atoms with E-state index < -0.39 is 0 Å². The Labute approximate surface area is 106 Å². The first-order valence-corrected chi connectivity index (χ1v) is 6.95. The summed E-state index contributed by atoms with van der Waals surface area (Å²) >= 11 is 1.83. The molecule has 0 aliphatic heterocycles. The van der Waals surface area contributed by atoms with E-state index >= 15 is 0 Å². The number of anilines is 1. The summed E-state index contributed by atoms with van der Waals surface area (Å²) in [6.07, 6.45) is 6.62. The lowest BCUT2D eigenvalue weighted by atomic mass is 10.0. The van der Waals surface area contributed by atoms with Crippen LogP contribution in [0.2, 0.25) is 0 Å². The van der Waals surface area contributed by atoms with Crippen LogP contribution in [0.3, 0.4) is 0 Å². The highest BCUT2D eigenvalue weighted by molar-refractivity contribution is 7.99. The van der Waals surface area contributed by atoms with Crippen molar-refractivity contribution in [3.63, 3.8) is 0 Å². The Hall–Kier alpha value is -0.810. The van der Waals surface area contributed by atoms with E-state index in [0.29, 0.717) is 23.5 Å². The van der Waals surface area contributed by atoms with Gasteiger partial charge in [0.05, 0.1) is 0 Å². The average Bonchev–Trinajstić information content (AvgIpc) is 2.30. The lowest BCUT2D eigenvalue weighted by molar-refractivity contribution is 0.177. The van der Waals surface area contributed by atoms with Crippen LogP contribution >= 0.6 is 11.8 Å². The lowest BCUT2D eigenvalue weighted by Crippen LogP contribution is -2.09. The lowest BCUT2D eigenvalue weighted by Gasteiger charge is -2.20. The van der Waals surface area contributed by atoms with Gasteiger partial charge in [0.15, 0.2) is 5.82 Å². The number of nitrogen functional groups attached to an aromatic ring is 1. The van der Waals surface area contributed by atoms with Gasteiger partial charge in [0.2, 0.25) is 0 Å². The molecule has 4 nitrogen and oxygen atoms in total.